The highest BCUT2D eigenvalue weighted by molar-refractivity contribution is 6.32. The Balaban J connectivity index is 2.38. The molecular weight excluding hydrogens is 272 g/mol. The van der Waals surface area contributed by atoms with Crippen molar-refractivity contribution in [3.63, 3.8) is 0 Å². The zero-order valence-electron chi connectivity index (χ0n) is 11.8. The van der Waals surface area contributed by atoms with E-state index in [1.807, 2.05) is 49.4 Å². The van der Waals surface area contributed by atoms with Crippen LogP contribution in [0.3, 0.4) is 0 Å². The molecule has 0 heterocycles. The summed E-state index contributed by atoms with van der Waals surface area (Å²) in [5, 5.41) is 11.2. The summed E-state index contributed by atoms with van der Waals surface area (Å²) in [7, 11) is 0. The summed E-state index contributed by atoms with van der Waals surface area (Å²) in [6.07, 6.45) is 0.144. The van der Waals surface area contributed by atoms with Crippen molar-refractivity contribution in [1.82, 2.24) is 0 Å². The van der Waals surface area contributed by atoms with Crippen molar-refractivity contribution in [2.45, 2.75) is 26.4 Å². The summed E-state index contributed by atoms with van der Waals surface area (Å²) in [6.45, 7) is 4.61. The van der Waals surface area contributed by atoms with E-state index >= 15 is 0 Å². The number of aliphatic hydroxyl groups is 1. The maximum Gasteiger partial charge on any atom is 0.125 e. The highest BCUT2D eigenvalue weighted by atomic mass is 35.5. The van der Waals surface area contributed by atoms with Gasteiger partial charge < -0.3 is 9.84 Å². The first kappa shape index (κ1) is 14.9. The van der Waals surface area contributed by atoms with E-state index in [1.165, 1.54) is 0 Å². The highest BCUT2D eigenvalue weighted by Gasteiger charge is 2.18. The molecule has 106 valence electrons. The molecule has 1 unspecified atom stereocenters. The fourth-order valence-electron chi connectivity index (χ4n) is 2.10. The van der Waals surface area contributed by atoms with Crippen LogP contribution >= 0.6 is 11.6 Å². The van der Waals surface area contributed by atoms with Gasteiger partial charge in [0.15, 0.2) is 0 Å². The molecule has 0 aliphatic carbocycles. The monoisotopic (exact) mass is 290 g/mol. The number of aliphatic hydroxyl groups excluding tert-OH is 1. The molecule has 2 nitrogen and oxygen atoms in total. The summed E-state index contributed by atoms with van der Waals surface area (Å²) >= 11 is 6.29. The molecule has 0 amide bonds. The number of para-hydroxylation sites is 1. The van der Waals surface area contributed by atoms with Gasteiger partial charge in [0.05, 0.1) is 6.61 Å². The van der Waals surface area contributed by atoms with E-state index in [9.17, 15) is 5.11 Å². The van der Waals surface area contributed by atoms with E-state index in [0.717, 1.165) is 17.5 Å². The van der Waals surface area contributed by atoms with Gasteiger partial charge >= 0.3 is 0 Å². The summed E-state index contributed by atoms with van der Waals surface area (Å²) in [6, 6.07) is 13.2. The van der Waals surface area contributed by atoms with Crippen LogP contribution in [0.5, 0.6) is 5.75 Å². The van der Waals surface area contributed by atoms with Gasteiger partial charge in [0.25, 0.3) is 0 Å². The molecule has 0 saturated heterocycles. The second-order valence-electron chi connectivity index (χ2n) is 4.77. The van der Waals surface area contributed by atoms with Crippen molar-refractivity contribution in [3.8, 4) is 5.75 Å². The molecule has 0 aliphatic heterocycles. The van der Waals surface area contributed by atoms with Crippen molar-refractivity contribution in [2.24, 2.45) is 0 Å². The van der Waals surface area contributed by atoms with E-state index in [2.05, 4.69) is 6.92 Å². The lowest BCUT2D eigenvalue weighted by Crippen LogP contribution is -2.05. The van der Waals surface area contributed by atoms with Gasteiger partial charge in [0.2, 0.25) is 0 Å². The number of hydrogen-bond donors (Lipinski definition) is 1. The van der Waals surface area contributed by atoms with Gasteiger partial charge in [0, 0.05) is 16.1 Å². The largest absolute Gasteiger partial charge is 0.493 e. The van der Waals surface area contributed by atoms with Gasteiger partial charge in [0.1, 0.15) is 11.9 Å². The molecule has 20 heavy (non-hydrogen) atoms. The molecule has 0 bridgehead atoms. The molecule has 0 spiro atoms. The Kier molecular flexibility index (Phi) is 5.05. The van der Waals surface area contributed by atoms with Crippen LogP contribution < -0.4 is 4.74 Å². The first-order chi connectivity index (χ1) is 9.65. The lowest BCUT2D eigenvalue weighted by atomic mass is 9.99. The van der Waals surface area contributed by atoms with Gasteiger partial charge in [-0.3, -0.25) is 0 Å². The van der Waals surface area contributed by atoms with E-state index in [4.69, 9.17) is 16.3 Å². The predicted molar refractivity (Wildman–Crippen MR) is 82.5 cm³/mol. The summed E-state index contributed by atoms with van der Waals surface area (Å²) in [5.74, 6) is 0.708. The standard InChI is InChI=1S/C17H19ClO2/c1-3-11-20-15-10-5-4-8-13(15)17(19)14-9-6-7-12(2)16(14)18/h4-10,17,19H,3,11H2,1-2H3. The summed E-state index contributed by atoms with van der Waals surface area (Å²) in [5.41, 5.74) is 2.41. The Bertz CT molecular complexity index is 581. The average molecular weight is 291 g/mol. The first-order valence-corrected chi connectivity index (χ1v) is 7.17. The van der Waals surface area contributed by atoms with Crippen LogP contribution in [0.1, 0.15) is 36.1 Å². The first-order valence-electron chi connectivity index (χ1n) is 6.80. The minimum absolute atomic E-state index is 0.602. The van der Waals surface area contributed by atoms with E-state index in [0.29, 0.717) is 22.9 Å². The minimum atomic E-state index is -0.782. The Morgan fingerprint density at radius 3 is 2.55 bits per heavy atom. The van der Waals surface area contributed by atoms with Crippen LogP contribution in [0.2, 0.25) is 5.02 Å². The van der Waals surface area contributed by atoms with Crippen molar-refractivity contribution < 1.29 is 9.84 Å². The van der Waals surface area contributed by atoms with Gasteiger partial charge in [-0.1, -0.05) is 54.9 Å². The van der Waals surface area contributed by atoms with Crippen LogP contribution in [0.15, 0.2) is 42.5 Å². The van der Waals surface area contributed by atoms with Crippen molar-refractivity contribution in [3.05, 3.63) is 64.2 Å². The van der Waals surface area contributed by atoms with Gasteiger partial charge in [-0.05, 0) is 25.0 Å². The third-order valence-corrected chi connectivity index (χ3v) is 3.71. The number of benzene rings is 2. The van der Waals surface area contributed by atoms with Crippen molar-refractivity contribution in [2.75, 3.05) is 6.61 Å². The quantitative estimate of drug-likeness (QED) is 0.877. The van der Waals surface area contributed by atoms with Crippen LogP contribution in [0, 0.1) is 6.92 Å². The lowest BCUT2D eigenvalue weighted by Gasteiger charge is -2.18. The lowest BCUT2D eigenvalue weighted by molar-refractivity contribution is 0.210. The third kappa shape index (κ3) is 3.14. The number of aryl methyl sites for hydroxylation is 1. The molecule has 0 fully saturated rings. The second-order valence-corrected chi connectivity index (χ2v) is 5.14. The topological polar surface area (TPSA) is 29.5 Å². The smallest absolute Gasteiger partial charge is 0.125 e. The second kappa shape index (κ2) is 6.78. The Labute approximate surface area is 125 Å². The number of hydrogen-bond acceptors (Lipinski definition) is 2. The van der Waals surface area contributed by atoms with E-state index in [1.54, 1.807) is 0 Å². The Morgan fingerprint density at radius 2 is 1.80 bits per heavy atom. The van der Waals surface area contributed by atoms with Crippen molar-refractivity contribution in [1.29, 1.82) is 0 Å². The average Bonchev–Trinajstić information content (AvgIpc) is 2.47. The number of rotatable bonds is 5. The molecule has 2 aromatic rings. The van der Waals surface area contributed by atoms with Crippen LogP contribution in [-0.4, -0.2) is 11.7 Å². The van der Waals surface area contributed by atoms with Gasteiger partial charge in [-0.2, -0.15) is 0 Å². The fraction of sp³-hybridized carbons (Fsp3) is 0.294. The summed E-state index contributed by atoms with van der Waals surface area (Å²) < 4.78 is 5.70. The molecule has 0 aromatic heterocycles. The van der Waals surface area contributed by atoms with Gasteiger partial charge in [-0.15, -0.1) is 0 Å². The molecule has 2 rings (SSSR count). The van der Waals surface area contributed by atoms with Gasteiger partial charge in [-0.25, -0.2) is 0 Å². The fourth-order valence-corrected chi connectivity index (χ4v) is 2.33. The van der Waals surface area contributed by atoms with Crippen molar-refractivity contribution >= 4 is 11.6 Å². The molecular formula is C17H19ClO2. The number of ether oxygens (including phenoxy) is 1. The van der Waals surface area contributed by atoms with Crippen LogP contribution in [-0.2, 0) is 0 Å². The SMILES string of the molecule is CCCOc1ccccc1C(O)c1cccc(C)c1Cl. The normalized spacial score (nSPS) is 12.2. The van der Waals surface area contributed by atoms with E-state index in [-0.39, 0.29) is 0 Å². The highest BCUT2D eigenvalue weighted by Crippen LogP contribution is 2.34. The van der Waals surface area contributed by atoms with Crippen LogP contribution in [0.4, 0.5) is 0 Å². The predicted octanol–water partition coefficient (Wildman–Crippen LogP) is 4.52. The number of halogens is 1. The van der Waals surface area contributed by atoms with E-state index < -0.39 is 6.10 Å². The minimum Gasteiger partial charge on any atom is -0.493 e. The Morgan fingerprint density at radius 1 is 1.10 bits per heavy atom. The Hall–Kier alpha value is -1.51. The molecule has 1 N–H and O–H groups in total. The molecule has 1 atom stereocenters. The molecule has 2 aromatic carbocycles. The maximum atomic E-state index is 10.6. The molecule has 3 heteroatoms. The molecule has 0 saturated carbocycles. The summed E-state index contributed by atoms with van der Waals surface area (Å²) in [4.78, 5) is 0. The zero-order chi connectivity index (χ0) is 14.5. The maximum absolute atomic E-state index is 10.6. The third-order valence-electron chi connectivity index (χ3n) is 3.19. The zero-order valence-corrected chi connectivity index (χ0v) is 12.5. The van der Waals surface area contributed by atoms with Crippen LogP contribution in [0.25, 0.3) is 0 Å². The molecule has 0 aliphatic rings. The molecule has 0 radical (unpaired) electrons.